The van der Waals surface area contributed by atoms with Gasteiger partial charge in [-0.05, 0) is 42.7 Å². The molecule has 0 spiro atoms. The third kappa shape index (κ3) is 6.51. The molecule has 0 heterocycles. The third-order valence-corrected chi connectivity index (χ3v) is 4.24. The molecule has 156 valence electrons. The van der Waals surface area contributed by atoms with Crippen LogP contribution in [0, 0.1) is 11.8 Å². The van der Waals surface area contributed by atoms with Crippen molar-refractivity contribution in [2.75, 3.05) is 48.8 Å². The van der Waals surface area contributed by atoms with Crippen LogP contribution in [0.1, 0.15) is 17.5 Å². The van der Waals surface area contributed by atoms with Crippen molar-refractivity contribution in [3.8, 4) is 40.6 Å². The number of hydrogen-bond acceptors (Lipinski definition) is 6. The van der Waals surface area contributed by atoms with Crippen molar-refractivity contribution in [3.63, 3.8) is 0 Å². The lowest BCUT2D eigenvalue weighted by Crippen LogP contribution is -2.00. The number of benzene rings is 2. The van der Waals surface area contributed by atoms with Crippen LogP contribution in [0.3, 0.4) is 0 Å². The molecule has 6 heteroatoms. The maximum Gasteiger partial charge on any atom is 0.203 e. The summed E-state index contributed by atoms with van der Waals surface area (Å²) in [6, 6.07) is 9.44. The maximum atomic E-state index is 5.62. The van der Waals surface area contributed by atoms with Gasteiger partial charge in [-0.3, -0.25) is 0 Å². The van der Waals surface area contributed by atoms with Gasteiger partial charge in [-0.2, -0.15) is 0 Å². The normalized spacial score (nSPS) is 9.97. The van der Waals surface area contributed by atoms with Crippen molar-refractivity contribution < 1.29 is 28.4 Å². The average molecular weight is 400 g/mol. The second kappa shape index (κ2) is 11.7. The Morgan fingerprint density at radius 2 is 1.34 bits per heavy atom. The molecule has 0 unspecified atom stereocenters. The molecule has 0 radical (unpaired) electrons. The fraction of sp³-hybridized carbons (Fsp3) is 0.391. The second-order valence-corrected chi connectivity index (χ2v) is 6.09. The predicted octanol–water partition coefficient (Wildman–Crippen LogP) is 3.73. The molecule has 0 saturated carbocycles. The Morgan fingerprint density at radius 3 is 1.86 bits per heavy atom. The van der Waals surface area contributed by atoms with E-state index in [0.29, 0.717) is 42.0 Å². The first-order chi connectivity index (χ1) is 14.1. The summed E-state index contributed by atoms with van der Waals surface area (Å²) >= 11 is 0. The Labute approximate surface area is 172 Å². The van der Waals surface area contributed by atoms with Gasteiger partial charge in [0.15, 0.2) is 11.5 Å². The molecule has 0 N–H and O–H groups in total. The van der Waals surface area contributed by atoms with Gasteiger partial charge in [-0.25, -0.2) is 0 Å². The van der Waals surface area contributed by atoms with Gasteiger partial charge in [-0.1, -0.05) is 11.8 Å². The molecule has 2 aromatic carbocycles. The minimum absolute atomic E-state index is 0.356. The van der Waals surface area contributed by atoms with Crippen LogP contribution in [-0.4, -0.2) is 48.8 Å². The number of ether oxygens (including phenoxy) is 6. The number of rotatable bonds is 10. The van der Waals surface area contributed by atoms with E-state index in [1.54, 1.807) is 35.5 Å². The Hall–Kier alpha value is -3.04. The maximum absolute atomic E-state index is 5.62. The molecule has 0 aliphatic rings. The van der Waals surface area contributed by atoms with Crippen LogP contribution < -0.4 is 23.7 Å². The summed E-state index contributed by atoms with van der Waals surface area (Å²) in [6.07, 6.45) is 1.69. The minimum atomic E-state index is 0.356. The van der Waals surface area contributed by atoms with Crippen LogP contribution in [0.15, 0.2) is 30.3 Å². The summed E-state index contributed by atoms with van der Waals surface area (Å²) < 4.78 is 32.2. The summed E-state index contributed by atoms with van der Waals surface area (Å²) in [5, 5.41) is 0. The van der Waals surface area contributed by atoms with Crippen molar-refractivity contribution in [3.05, 3.63) is 41.5 Å². The number of hydrogen-bond donors (Lipinski definition) is 0. The molecule has 0 bridgehead atoms. The van der Waals surface area contributed by atoms with E-state index < -0.39 is 0 Å². The van der Waals surface area contributed by atoms with E-state index in [1.807, 2.05) is 30.3 Å². The van der Waals surface area contributed by atoms with Gasteiger partial charge in [0.05, 0.1) is 35.5 Å². The van der Waals surface area contributed by atoms with Gasteiger partial charge in [0.25, 0.3) is 0 Å². The van der Waals surface area contributed by atoms with Gasteiger partial charge in [0, 0.05) is 18.2 Å². The van der Waals surface area contributed by atoms with E-state index in [1.165, 1.54) is 0 Å². The highest BCUT2D eigenvalue weighted by molar-refractivity contribution is 5.53. The molecule has 2 aromatic rings. The molecule has 2 rings (SSSR count). The monoisotopic (exact) mass is 400 g/mol. The summed E-state index contributed by atoms with van der Waals surface area (Å²) in [4.78, 5) is 0. The Balaban J connectivity index is 1.83. The molecule has 0 aliphatic heterocycles. The Morgan fingerprint density at radius 1 is 0.724 bits per heavy atom. The lowest BCUT2D eigenvalue weighted by atomic mass is 10.1. The van der Waals surface area contributed by atoms with E-state index in [2.05, 4.69) is 11.8 Å². The summed E-state index contributed by atoms with van der Waals surface area (Å²) in [5.74, 6) is 9.40. The first kappa shape index (κ1) is 22.3. The van der Waals surface area contributed by atoms with Crippen LogP contribution in [0.2, 0.25) is 0 Å². The molecular weight excluding hydrogens is 372 g/mol. The van der Waals surface area contributed by atoms with Crippen molar-refractivity contribution in [1.82, 2.24) is 0 Å². The SMILES string of the molecule is COc1cc(C#CCOCCCc2cc(OC)c(OC)c(OC)c2)cc(OC)c1. The van der Waals surface area contributed by atoms with E-state index in [4.69, 9.17) is 28.4 Å². The van der Waals surface area contributed by atoms with Crippen molar-refractivity contribution in [1.29, 1.82) is 0 Å². The molecule has 0 aromatic heterocycles. The first-order valence-corrected chi connectivity index (χ1v) is 9.23. The molecule has 29 heavy (non-hydrogen) atoms. The fourth-order valence-corrected chi connectivity index (χ4v) is 2.80. The van der Waals surface area contributed by atoms with Crippen molar-refractivity contribution >= 4 is 0 Å². The highest BCUT2D eigenvalue weighted by Gasteiger charge is 2.12. The second-order valence-electron chi connectivity index (χ2n) is 6.09. The molecule has 6 nitrogen and oxygen atoms in total. The molecular formula is C23H28O6. The highest BCUT2D eigenvalue weighted by atomic mass is 16.5. The first-order valence-electron chi connectivity index (χ1n) is 9.23. The largest absolute Gasteiger partial charge is 0.497 e. The predicted molar refractivity (Wildman–Crippen MR) is 112 cm³/mol. The molecule has 0 aliphatic carbocycles. The van der Waals surface area contributed by atoms with Crippen LogP contribution in [0.5, 0.6) is 28.7 Å². The summed E-state index contributed by atoms with van der Waals surface area (Å²) in [5.41, 5.74) is 1.92. The molecule has 0 fully saturated rings. The quantitative estimate of drug-likeness (QED) is 0.447. The number of aryl methyl sites for hydroxylation is 1. The van der Waals surface area contributed by atoms with Crippen molar-refractivity contribution in [2.24, 2.45) is 0 Å². The van der Waals surface area contributed by atoms with Gasteiger partial charge in [0.1, 0.15) is 18.1 Å². The molecule has 0 atom stereocenters. The topological polar surface area (TPSA) is 55.4 Å². The molecule has 0 saturated heterocycles. The smallest absolute Gasteiger partial charge is 0.203 e. The minimum Gasteiger partial charge on any atom is -0.497 e. The van der Waals surface area contributed by atoms with E-state index in [0.717, 1.165) is 24.0 Å². The van der Waals surface area contributed by atoms with Crippen LogP contribution in [-0.2, 0) is 11.2 Å². The average Bonchev–Trinajstić information content (AvgIpc) is 2.77. The van der Waals surface area contributed by atoms with Crippen LogP contribution in [0.25, 0.3) is 0 Å². The zero-order valence-electron chi connectivity index (χ0n) is 17.7. The van der Waals surface area contributed by atoms with E-state index in [9.17, 15) is 0 Å². The standard InChI is InChI=1S/C23H28O6/c1-24-19-12-17(13-20(16-19)25-2)8-6-10-29-11-7-9-18-14-21(26-3)23(28-5)22(15-18)27-4/h12-16H,7,9-11H2,1-5H3. The van der Waals surface area contributed by atoms with Gasteiger partial charge in [0.2, 0.25) is 5.75 Å². The highest BCUT2D eigenvalue weighted by Crippen LogP contribution is 2.38. The van der Waals surface area contributed by atoms with Crippen LogP contribution in [0.4, 0.5) is 0 Å². The summed E-state index contributed by atoms with van der Waals surface area (Å²) in [6.45, 7) is 0.960. The van der Waals surface area contributed by atoms with Crippen molar-refractivity contribution in [2.45, 2.75) is 12.8 Å². The van der Waals surface area contributed by atoms with Gasteiger partial charge < -0.3 is 28.4 Å². The third-order valence-electron chi connectivity index (χ3n) is 4.24. The number of methoxy groups -OCH3 is 5. The van der Waals surface area contributed by atoms with Gasteiger partial charge in [-0.15, -0.1) is 0 Å². The zero-order valence-corrected chi connectivity index (χ0v) is 17.7. The fourth-order valence-electron chi connectivity index (χ4n) is 2.80. The zero-order chi connectivity index (χ0) is 21.1. The van der Waals surface area contributed by atoms with E-state index >= 15 is 0 Å². The summed E-state index contributed by atoms with van der Waals surface area (Å²) in [7, 11) is 8.05. The van der Waals surface area contributed by atoms with Crippen LogP contribution >= 0.6 is 0 Å². The Bertz CT molecular complexity index is 803. The van der Waals surface area contributed by atoms with Gasteiger partial charge >= 0.3 is 0 Å². The molecule has 0 amide bonds. The Kier molecular flexibility index (Phi) is 9.00. The lowest BCUT2D eigenvalue weighted by Gasteiger charge is -2.14. The lowest BCUT2D eigenvalue weighted by molar-refractivity contribution is 0.164. The van der Waals surface area contributed by atoms with E-state index in [-0.39, 0.29) is 0 Å².